The molecule has 0 aliphatic rings. The second-order valence-corrected chi connectivity index (χ2v) is 2.28. The standard InChI is InChI=1S/C8H15NO2/c1-2-3-4-5-6-9-7-8(10)11/h2-3,9H,4-7H2,1H3,(H,10,11)/b3-2+. The van der Waals surface area contributed by atoms with Gasteiger partial charge < -0.3 is 10.4 Å². The van der Waals surface area contributed by atoms with Crippen LogP contribution in [0.15, 0.2) is 12.2 Å². The molecule has 2 N–H and O–H groups in total. The molecule has 0 amide bonds. The van der Waals surface area contributed by atoms with E-state index in [2.05, 4.69) is 11.4 Å². The zero-order valence-corrected chi connectivity index (χ0v) is 6.84. The lowest BCUT2D eigenvalue weighted by atomic mass is 10.3. The highest BCUT2D eigenvalue weighted by Gasteiger charge is 1.92. The van der Waals surface area contributed by atoms with E-state index >= 15 is 0 Å². The van der Waals surface area contributed by atoms with E-state index < -0.39 is 5.97 Å². The van der Waals surface area contributed by atoms with Gasteiger partial charge in [-0.2, -0.15) is 0 Å². The van der Waals surface area contributed by atoms with Crippen LogP contribution in [-0.4, -0.2) is 24.2 Å². The van der Waals surface area contributed by atoms with Crippen LogP contribution in [-0.2, 0) is 4.79 Å². The Morgan fingerprint density at radius 1 is 1.64 bits per heavy atom. The van der Waals surface area contributed by atoms with Crippen LogP contribution in [0.5, 0.6) is 0 Å². The number of aliphatic carboxylic acids is 1. The van der Waals surface area contributed by atoms with Crippen molar-refractivity contribution < 1.29 is 9.90 Å². The van der Waals surface area contributed by atoms with Crippen molar-refractivity contribution >= 4 is 5.97 Å². The van der Waals surface area contributed by atoms with Gasteiger partial charge in [-0.15, -0.1) is 0 Å². The van der Waals surface area contributed by atoms with Crippen LogP contribution in [0.1, 0.15) is 19.8 Å². The van der Waals surface area contributed by atoms with E-state index in [9.17, 15) is 4.79 Å². The molecule has 0 aliphatic carbocycles. The third-order valence-corrected chi connectivity index (χ3v) is 1.24. The smallest absolute Gasteiger partial charge is 0.317 e. The third-order valence-electron chi connectivity index (χ3n) is 1.24. The van der Waals surface area contributed by atoms with Gasteiger partial charge in [0.1, 0.15) is 0 Å². The lowest BCUT2D eigenvalue weighted by Crippen LogP contribution is -2.23. The lowest BCUT2D eigenvalue weighted by Gasteiger charge is -1.97. The molecule has 0 heterocycles. The van der Waals surface area contributed by atoms with Crippen molar-refractivity contribution in [1.82, 2.24) is 5.32 Å². The van der Waals surface area contributed by atoms with Crippen LogP contribution >= 0.6 is 0 Å². The fourth-order valence-electron chi connectivity index (χ4n) is 0.707. The molecule has 0 saturated carbocycles. The Hall–Kier alpha value is -0.830. The molecule has 3 nitrogen and oxygen atoms in total. The van der Waals surface area contributed by atoms with E-state index in [0.29, 0.717) is 0 Å². The maximum atomic E-state index is 10.0. The van der Waals surface area contributed by atoms with Gasteiger partial charge in [0.2, 0.25) is 0 Å². The number of carboxylic acid groups (broad SMARTS) is 1. The van der Waals surface area contributed by atoms with Crippen molar-refractivity contribution in [2.24, 2.45) is 0 Å². The van der Waals surface area contributed by atoms with Crippen molar-refractivity contribution in [2.75, 3.05) is 13.1 Å². The Balaban J connectivity index is 2.96. The minimum absolute atomic E-state index is 0.0653. The molecule has 0 radical (unpaired) electrons. The number of allylic oxidation sites excluding steroid dienone is 2. The van der Waals surface area contributed by atoms with Crippen LogP contribution in [0.3, 0.4) is 0 Å². The van der Waals surface area contributed by atoms with Gasteiger partial charge in [-0.05, 0) is 26.3 Å². The Bertz CT molecular complexity index is 132. The van der Waals surface area contributed by atoms with E-state index in [1.54, 1.807) is 0 Å². The Morgan fingerprint density at radius 2 is 2.36 bits per heavy atom. The molecule has 0 unspecified atom stereocenters. The highest BCUT2D eigenvalue weighted by atomic mass is 16.4. The molecule has 0 rings (SSSR count). The van der Waals surface area contributed by atoms with Gasteiger partial charge >= 0.3 is 5.97 Å². The van der Waals surface area contributed by atoms with E-state index in [-0.39, 0.29) is 6.54 Å². The molecule has 11 heavy (non-hydrogen) atoms. The van der Waals surface area contributed by atoms with Gasteiger partial charge in [0.25, 0.3) is 0 Å². The van der Waals surface area contributed by atoms with Crippen molar-refractivity contribution in [3.63, 3.8) is 0 Å². The van der Waals surface area contributed by atoms with Gasteiger partial charge in [0, 0.05) is 0 Å². The van der Waals surface area contributed by atoms with Crippen molar-refractivity contribution in [3.05, 3.63) is 12.2 Å². The molecule has 0 spiro atoms. The largest absolute Gasteiger partial charge is 0.480 e. The minimum Gasteiger partial charge on any atom is -0.480 e. The number of rotatable bonds is 6. The molecule has 0 bridgehead atoms. The highest BCUT2D eigenvalue weighted by Crippen LogP contribution is 1.87. The number of hydrogen-bond acceptors (Lipinski definition) is 2. The van der Waals surface area contributed by atoms with Crippen LogP contribution < -0.4 is 5.32 Å². The molecule has 0 atom stereocenters. The quantitative estimate of drug-likeness (QED) is 0.447. The first kappa shape index (κ1) is 10.2. The second-order valence-electron chi connectivity index (χ2n) is 2.28. The third kappa shape index (κ3) is 9.17. The van der Waals surface area contributed by atoms with Gasteiger partial charge in [0.05, 0.1) is 6.54 Å². The number of nitrogens with one attached hydrogen (secondary N) is 1. The van der Waals surface area contributed by atoms with E-state index in [1.165, 1.54) is 0 Å². The zero-order chi connectivity index (χ0) is 8.53. The summed E-state index contributed by atoms with van der Waals surface area (Å²) in [5.74, 6) is -0.795. The van der Waals surface area contributed by atoms with Gasteiger partial charge in [0.15, 0.2) is 0 Å². The number of carbonyl (C=O) groups is 1. The van der Waals surface area contributed by atoms with Crippen LogP contribution in [0, 0.1) is 0 Å². The Labute approximate surface area is 67.1 Å². The predicted molar refractivity (Wildman–Crippen MR) is 44.6 cm³/mol. The molecule has 0 aliphatic heterocycles. The Kier molecular flexibility index (Phi) is 6.73. The summed E-state index contributed by atoms with van der Waals surface area (Å²) in [5.41, 5.74) is 0. The molecule has 0 aromatic rings. The summed E-state index contributed by atoms with van der Waals surface area (Å²) < 4.78 is 0. The molecule has 3 heteroatoms. The summed E-state index contributed by atoms with van der Waals surface area (Å²) in [5, 5.41) is 11.0. The minimum atomic E-state index is -0.795. The fraction of sp³-hybridized carbons (Fsp3) is 0.625. The van der Waals surface area contributed by atoms with Crippen LogP contribution in [0.2, 0.25) is 0 Å². The molecule has 0 aromatic carbocycles. The molecule has 0 saturated heterocycles. The molecular weight excluding hydrogens is 142 g/mol. The van der Waals surface area contributed by atoms with Crippen LogP contribution in [0.4, 0.5) is 0 Å². The summed E-state index contributed by atoms with van der Waals surface area (Å²) in [6, 6.07) is 0. The second kappa shape index (κ2) is 7.28. The summed E-state index contributed by atoms with van der Waals surface area (Å²) in [7, 11) is 0. The SMILES string of the molecule is C/C=C/CCCNCC(=O)O. The topological polar surface area (TPSA) is 49.3 Å². The summed E-state index contributed by atoms with van der Waals surface area (Å²) >= 11 is 0. The molecule has 0 fully saturated rings. The van der Waals surface area contributed by atoms with Crippen molar-refractivity contribution in [3.8, 4) is 0 Å². The Morgan fingerprint density at radius 3 is 2.91 bits per heavy atom. The average Bonchev–Trinajstić information content (AvgIpc) is 1.96. The summed E-state index contributed by atoms with van der Waals surface area (Å²) in [4.78, 5) is 10.0. The van der Waals surface area contributed by atoms with E-state index in [0.717, 1.165) is 19.4 Å². The zero-order valence-electron chi connectivity index (χ0n) is 6.84. The van der Waals surface area contributed by atoms with E-state index in [4.69, 9.17) is 5.11 Å². The monoisotopic (exact) mass is 157 g/mol. The van der Waals surface area contributed by atoms with Crippen molar-refractivity contribution in [2.45, 2.75) is 19.8 Å². The molecule has 64 valence electrons. The number of carboxylic acids is 1. The molecule has 0 aromatic heterocycles. The van der Waals surface area contributed by atoms with Gasteiger partial charge in [-0.1, -0.05) is 12.2 Å². The summed E-state index contributed by atoms with van der Waals surface area (Å²) in [6.07, 6.45) is 6.08. The number of unbranched alkanes of at least 4 members (excludes halogenated alkanes) is 1. The number of hydrogen-bond donors (Lipinski definition) is 2. The lowest BCUT2D eigenvalue weighted by molar-refractivity contribution is -0.135. The maximum Gasteiger partial charge on any atom is 0.317 e. The predicted octanol–water partition coefficient (Wildman–Crippen LogP) is 1.02. The fourth-order valence-corrected chi connectivity index (χ4v) is 0.707. The van der Waals surface area contributed by atoms with E-state index in [1.807, 2.05) is 13.0 Å². The average molecular weight is 157 g/mol. The first-order valence-electron chi connectivity index (χ1n) is 3.81. The molecular formula is C8H15NO2. The van der Waals surface area contributed by atoms with Crippen LogP contribution in [0.25, 0.3) is 0 Å². The van der Waals surface area contributed by atoms with Gasteiger partial charge in [-0.3, -0.25) is 4.79 Å². The first-order valence-corrected chi connectivity index (χ1v) is 3.81. The van der Waals surface area contributed by atoms with Crippen molar-refractivity contribution in [1.29, 1.82) is 0 Å². The maximum absolute atomic E-state index is 10.0. The van der Waals surface area contributed by atoms with Gasteiger partial charge in [-0.25, -0.2) is 0 Å². The summed E-state index contributed by atoms with van der Waals surface area (Å²) in [6.45, 7) is 2.82. The first-order chi connectivity index (χ1) is 5.27. The highest BCUT2D eigenvalue weighted by molar-refractivity contribution is 5.68. The normalized spacial score (nSPS) is 10.6.